The summed E-state index contributed by atoms with van der Waals surface area (Å²) in [4.78, 5) is 12.8. The molecule has 0 saturated carbocycles. The van der Waals surface area contributed by atoms with Crippen molar-refractivity contribution >= 4 is 15.8 Å². The van der Waals surface area contributed by atoms with Gasteiger partial charge >= 0.3 is 5.97 Å². The van der Waals surface area contributed by atoms with Gasteiger partial charge in [0, 0.05) is 6.61 Å². The SMILES string of the molecule is CC(C)(C)OC(=O)[C@@H](CS(=O)(=O)c1ccccc1)C(N)OC1CCCCO1. The molecular weight excluding hydrogens is 370 g/mol. The van der Waals surface area contributed by atoms with Crippen molar-refractivity contribution in [3.8, 4) is 0 Å². The first-order valence-corrected chi connectivity index (χ1v) is 10.8. The highest BCUT2D eigenvalue weighted by atomic mass is 32.2. The van der Waals surface area contributed by atoms with Gasteiger partial charge in [-0.2, -0.15) is 0 Å². The molecule has 0 spiro atoms. The van der Waals surface area contributed by atoms with E-state index in [2.05, 4.69) is 0 Å². The van der Waals surface area contributed by atoms with Crippen LogP contribution in [0.5, 0.6) is 0 Å². The van der Waals surface area contributed by atoms with E-state index in [0.717, 1.165) is 12.8 Å². The quantitative estimate of drug-likeness (QED) is 0.554. The average molecular weight is 400 g/mol. The first kappa shape index (κ1) is 21.8. The van der Waals surface area contributed by atoms with Crippen molar-refractivity contribution in [2.75, 3.05) is 12.4 Å². The van der Waals surface area contributed by atoms with Crippen LogP contribution < -0.4 is 5.73 Å². The van der Waals surface area contributed by atoms with Crippen LogP contribution in [0.3, 0.4) is 0 Å². The van der Waals surface area contributed by atoms with Gasteiger partial charge in [-0.3, -0.25) is 4.79 Å². The summed E-state index contributed by atoms with van der Waals surface area (Å²) in [6, 6.07) is 7.94. The molecule has 0 bridgehead atoms. The fraction of sp³-hybridized carbons (Fsp3) is 0.632. The molecule has 1 heterocycles. The van der Waals surface area contributed by atoms with E-state index < -0.39 is 45.6 Å². The van der Waals surface area contributed by atoms with E-state index >= 15 is 0 Å². The van der Waals surface area contributed by atoms with E-state index in [-0.39, 0.29) is 4.90 Å². The van der Waals surface area contributed by atoms with Crippen molar-refractivity contribution in [2.45, 2.75) is 63.0 Å². The monoisotopic (exact) mass is 399 g/mol. The molecule has 1 aromatic carbocycles. The lowest BCUT2D eigenvalue weighted by molar-refractivity contribution is -0.203. The van der Waals surface area contributed by atoms with Gasteiger partial charge in [-0.15, -0.1) is 0 Å². The van der Waals surface area contributed by atoms with Crippen LogP contribution in [0.25, 0.3) is 0 Å². The molecule has 3 atom stereocenters. The van der Waals surface area contributed by atoms with E-state index in [0.29, 0.717) is 13.0 Å². The van der Waals surface area contributed by atoms with Crippen molar-refractivity contribution in [3.63, 3.8) is 0 Å². The molecule has 1 aromatic rings. The fourth-order valence-electron chi connectivity index (χ4n) is 2.72. The van der Waals surface area contributed by atoms with E-state index in [1.807, 2.05) is 0 Å². The van der Waals surface area contributed by atoms with E-state index in [9.17, 15) is 13.2 Å². The number of ether oxygens (including phenoxy) is 3. The standard InChI is InChI=1S/C19H29NO6S/c1-19(2,3)26-18(21)15(17(20)25-16-11-7-8-12-24-16)13-27(22,23)14-9-5-4-6-10-14/h4-6,9-10,15-17H,7-8,11-13,20H2,1-3H3/t15-,16?,17?/m0/s1. The summed E-state index contributed by atoms with van der Waals surface area (Å²) in [5.74, 6) is -2.37. The van der Waals surface area contributed by atoms with Gasteiger partial charge in [0.05, 0.1) is 10.6 Å². The zero-order chi connectivity index (χ0) is 20.1. The summed E-state index contributed by atoms with van der Waals surface area (Å²) in [7, 11) is -3.75. The molecule has 27 heavy (non-hydrogen) atoms. The molecule has 2 unspecified atom stereocenters. The number of carbonyl (C=O) groups is 1. The normalized spacial score (nSPS) is 20.7. The van der Waals surface area contributed by atoms with Gasteiger partial charge in [0.25, 0.3) is 0 Å². The zero-order valence-electron chi connectivity index (χ0n) is 16.1. The minimum Gasteiger partial charge on any atom is -0.460 e. The maximum atomic E-state index is 12.8. The number of esters is 1. The van der Waals surface area contributed by atoms with Crippen LogP contribution >= 0.6 is 0 Å². The second kappa shape index (κ2) is 9.14. The smallest absolute Gasteiger partial charge is 0.314 e. The Morgan fingerprint density at radius 3 is 2.48 bits per heavy atom. The maximum Gasteiger partial charge on any atom is 0.314 e. The molecule has 8 heteroatoms. The molecule has 0 aliphatic carbocycles. The van der Waals surface area contributed by atoms with Gasteiger partial charge in [-0.05, 0) is 52.2 Å². The minimum atomic E-state index is -3.75. The molecule has 7 nitrogen and oxygen atoms in total. The highest BCUT2D eigenvalue weighted by Crippen LogP contribution is 2.22. The lowest BCUT2D eigenvalue weighted by Gasteiger charge is -2.31. The van der Waals surface area contributed by atoms with E-state index in [1.165, 1.54) is 12.1 Å². The highest BCUT2D eigenvalue weighted by molar-refractivity contribution is 7.91. The van der Waals surface area contributed by atoms with Crippen LogP contribution in [0.4, 0.5) is 0 Å². The Labute approximate surface area is 161 Å². The lowest BCUT2D eigenvalue weighted by Crippen LogP contribution is -2.46. The number of carbonyl (C=O) groups excluding carboxylic acids is 1. The Balaban J connectivity index is 2.19. The number of rotatable bonds is 7. The van der Waals surface area contributed by atoms with Crippen molar-refractivity contribution < 1.29 is 27.4 Å². The van der Waals surface area contributed by atoms with Crippen LogP contribution in [-0.2, 0) is 28.8 Å². The average Bonchev–Trinajstić information content (AvgIpc) is 2.60. The molecule has 1 aliphatic rings. The second-order valence-electron chi connectivity index (χ2n) is 7.63. The largest absolute Gasteiger partial charge is 0.460 e. The Hall–Kier alpha value is -1.48. The Bertz CT molecular complexity index is 707. The van der Waals surface area contributed by atoms with Crippen LogP contribution in [0, 0.1) is 5.92 Å². The van der Waals surface area contributed by atoms with Crippen molar-refractivity contribution in [3.05, 3.63) is 30.3 Å². The Morgan fingerprint density at radius 1 is 1.26 bits per heavy atom. The fourth-order valence-corrected chi connectivity index (χ4v) is 4.29. The molecule has 152 valence electrons. The maximum absolute atomic E-state index is 12.8. The number of hydrogen-bond donors (Lipinski definition) is 1. The number of benzene rings is 1. The first-order chi connectivity index (χ1) is 12.6. The van der Waals surface area contributed by atoms with E-state index in [1.54, 1.807) is 39.0 Å². The highest BCUT2D eigenvalue weighted by Gasteiger charge is 2.37. The number of nitrogens with two attached hydrogens (primary N) is 1. The topological polar surface area (TPSA) is 105 Å². The third kappa shape index (κ3) is 6.88. The molecule has 1 fully saturated rings. The van der Waals surface area contributed by atoms with Gasteiger partial charge in [-0.25, -0.2) is 8.42 Å². The van der Waals surface area contributed by atoms with Crippen molar-refractivity contribution in [1.29, 1.82) is 0 Å². The number of sulfone groups is 1. The summed E-state index contributed by atoms with van der Waals surface area (Å²) in [5.41, 5.74) is 5.32. The molecule has 0 amide bonds. The third-order valence-electron chi connectivity index (χ3n) is 4.05. The van der Waals surface area contributed by atoms with Crippen LogP contribution in [0.2, 0.25) is 0 Å². The third-order valence-corrected chi connectivity index (χ3v) is 5.84. The van der Waals surface area contributed by atoms with Crippen LogP contribution in [-0.4, -0.2) is 44.9 Å². The van der Waals surface area contributed by atoms with Gasteiger partial charge in [0.1, 0.15) is 17.7 Å². The molecule has 1 saturated heterocycles. The predicted molar refractivity (Wildman–Crippen MR) is 100 cm³/mol. The molecule has 2 rings (SSSR count). The summed E-state index contributed by atoms with van der Waals surface area (Å²) in [6.45, 7) is 5.69. The van der Waals surface area contributed by atoms with Gasteiger partial charge in [0.2, 0.25) is 0 Å². The first-order valence-electron chi connectivity index (χ1n) is 9.12. The summed E-state index contributed by atoms with van der Waals surface area (Å²) < 4.78 is 42.1. The summed E-state index contributed by atoms with van der Waals surface area (Å²) in [6.07, 6.45) is 0.823. The Morgan fingerprint density at radius 2 is 1.93 bits per heavy atom. The van der Waals surface area contributed by atoms with Crippen molar-refractivity contribution in [2.24, 2.45) is 11.7 Å². The number of hydrogen-bond acceptors (Lipinski definition) is 7. The summed E-state index contributed by atoms with van der Waals surface area (Å²) in [5, 5.41) is 0. The molecule has 2 N–H and O–H groups in total. The minimum absolute atomic E-state index is 0.125. The summed E-state index contributed by atoms with van der Waals surface area (Å²) >= 11 is 0. The van der Waals surface area contributed by atoms with Crippen molar-refractivity contribution in [1.82, 2.24) is 0 Å². The van der Waals surface area contributed by atoms with Gasteiger partial charge in [0.15, 0.2) is 16.1 Å². The zero-order valence-corrected chi connectivity index (χ0v) is 16.9. The van der Waals surface area contributed by atoms with Gasteiger partial charge in [-0.1, -0.05) is 18.2 Å². The lowest BCUT2D eigenvalue weighted by atomic mass is 10.1. The molecule has 0 radical (unpaired) electrons. The molecular formula is C19H29NO6S. The van der Waals surface area contributed by atoms with Gasteiger partial charge < -0.3 is 19.9 Å². The molecule has 0 aromatic heterocycles. The molecule has 1 aliphatic heterocycles. The Kier molecular flexibility index (Phi) is 7.39. The van der Waals surface area contributed by atoms with E-state index in [4.69, 9.17) is 19.9 Å². The second-order valence-corrected chi connectivity index (χ2v) is 9.67. The predicted octanol–water partition coefficient (Wildman–Crippen LogP) is 2.25. The van der Waals surface area contributed by atoms with Crippen LogP contribution in [0.15, 0.2) is 35.2 Å². The van der Waals surface area contributed by atoms with Crippen LogP contribution in [0.1, 0.15) is 40.0 Å².